The van der Waals surface area contributed by atoms with E-state index in [4.69, 9.17) is 25.4 Å². The van der Waals surface area contributed by atoms with Crippen LogP contribution in [0.2, 0.25) is 0 Å². The summed E-state index contributed by atoms with van der Waals surface area (Å²) in [4.78, 5) is 32.6. The van der Waals surface area contributed by atoms with Crippen molar-refractivity contribution in [3.63, 3.8) is 0 Å². The van der Waals surface area contributed by atoms with E-state index in [0.717, 1.165) is 6.20 Å². The molecule has 4 atom stereocenters. The van der Waals surface area contributed by atoms with Crippen LogP contribution >= 0.6 is 7.82 Å². The third kappa shape index (κ3) is 3.28. The Morgan fingerprint density at radius 2 is 2.05 bits per heavy atom. The maximum absolute atomic E-state index is 11.8. The molecule has 0 saturated carbocycles. The number of hydrogen-bond acceptors (Lipinski definition) is 9. The minimum atomic E-state index is -4.95. The Labute approximate surface area is 122 Å². The van der Waals surface area contributed by atoms with Crippen LogP contribution in [0.4, 0.5) is 5.82 Å². The molecule has 1 fully saturated rings. The first-order valence-electron chi connectivity index (χ1n) is 5.90. The van der Waals surface area contributed by atoms with Gasteiger partial charge in [-0.1, -0.05) is 0 Å². The monoisotopic (exact) mass is 339 g/mol. The second-order valence-corrected chi connectivity index (χ2v) is 5.65. The highest BCUT2D eigenvalue weighted by atomic mass is 31.2. The fraction of sp³-hybridized carbons (Fsp3) is 0.556. The van der Waals surface area contributed by atoms with Crippen molar-refractivity contribution in [3.8, 4) is 5.75 Å². The minimum absolute atomic E-state index is 0.573. The van der Waals surface area contributed by atoms with E-state index in [1.165, 1.54) is 0 Å². The van der Waals surface area contributed by atoms with Crippen molar-refractivity contribution in [1.82, 2.24) is 9.55 Å². The minimum Gasteiger partial charge on any atom is -0.399 e. The number of aliphatic hydroxyl groups excluding tert-OH is 3. The predicted molar refractivity (Wildman–Crippen MR) is 68.6 cm³/mol. The molecule has 0 aliphatic carbocycles. The van der Waals surface area contributed by atoms with Gasteiger partial charge in [0, 0.05) is 0 Å². The summed E-state index contributed by atoms with van der Waals surface area (Å²) in [6.07, 6.45) is -4.85. The van der Waals surface area contributed by atoms with Gasteiger partial charge in [0.15, 0.2) is 17.8 Å². The second-order valence-electron chi connectivity index (χ2n) is 4.49. The number of hydrogen-bond donors (Lipinski definition) is 6. The molecule has 1 aliphatic heterocycles. The lowest BCUT2D eigenvalue weighted by Gasteiger charge is -2.18. The zero-order chi connectivity index (χ0) is 16.7. The Balaban J connectivity index is 2.41. The summed E-state index contributed by atoms with van der Waals surface area (Å²) >= 11 is 0. The summed E-state index contributed by atoms with van der Waals surface area (Å²) in [6, 6.07) is 0. The van der Waals surface area contributed by atoms with E-state index in [1.807, 2.05) is 0 Å². The van der Waals surface area contributed by atoms with E-state index < -0.39 is 56.2 Å². The van der Waals surface area contributed by atoms with Crippen LogP contribution in [0.1, 0.15) is 6.23 Å². The normalized spacial score (nSPS) is 28.8. The third-order valence-corrected chi connectivity index (χ3v) is 3.39. The van der Waals surface area contributed by atoms with Gasteiger partial charge in [0.25, 0.3) is 0 Å². The number of phosphoric ester groups is 1. The summed E-state index contributed by atoms with van der Waals surface area (Å²) < 4.78 is 20.9. The molecule has 0 amide bonds. The number of anilines is 1. The van der Waals surface area contributed by atoms with Crippen molar-refractivity contribution >= 4 is 13.6 Å². The maximum Gasteiger partial charge on any atom is 0.524 e. The fourth-order valence-electron chi connectivity index (χ4n) is 1.95. The van der Waals surface area contributed by atoms with Crippen molar-refractivity contribution in [1.29, 1.82) is 0 Å². The van der Waals surface area contributed by atoms with Gasteiger partial charge in [0.2, 0.25) is 0 Å². The van der Waals surface area contributed by atoms with Crippen molar-refractivity contribution in [2.75, 3.05) is 12.3 Å². The zero-order valence-electron chi connectivity index (χ0n) is 10.9. The molecule has 22 heavy (non-hydrogen) atoms. The number of ether oxygens (including phenoxy) is 1. The molecule has 0 bridgehead atoms. The van der Waals surface area contributed by atoms with Gasteiger partial charge in [0.1, 0.15) is 18.3 Å². The van der Waals surface area contributed by atoms with Gasteiger partial charge in [-0.2, -0.15) is 4.98 Å². The molecule has 1 aromatic rings. The van der Waals surface area contributed by atoms with Crippen molar-refractivity contribution in [3.05, 3.63) is 16.7 Å². The van der Waals surface area contributed by atoms with Gasteiger partial charge < -0.3 is 30.3 Å². The smallest absolute Gasteiger partial charge is 0.399 e. The van der Waals surface area contributed by atoms with Crippen LogP contribution in [0.15, 0.2) is 11.0 Å². The molecule has 0 aromatic carbocycles. The maximum atomic E-state index is 11.8. The number of nitrogen functional groups attached to an aromatic ring is 1. The first kappa shape index (κ1) is 16.8. The van der Waals surface area contributed by atoms with Crippen LogP contribution in [0.5, 0.6) is 5.75 Å². The van der Waals surface area contributed by atoms with Crippen LogP contribution < -0.4 is 15.9 Å². The number of aliphatic hydroxyl groups is 3. The third-order valence-electron chi connectivity index (χ3n) is 2.95. The molecule has 2 heterocycles. The van der Waals surface area contributed by atoms with Crippen LogP contribution in [0.25, 0.3) is 0 Å². The Hall–Kier alpha value is -1.53. The fourth-order valence-corrected chi connectivity index (χ4v) is 2.35. The highest BCUT2D eigenvalue weighted by molar-refractivity contribution is 7.46. The van der Waals surface area contributed by atoms with Gasteiger partial charge in [-0.05, 0) is 0 Å². The average Bonchev–Trinajstić information content (AvgIpc) is 2.68. The van der Waals surface area contributed by atoms with Crippen LogP contribution in [0.3, 0.4) is 0 Å². The predicted octanol–water partition coefficient (Wildman–Crippen LogP) is -3.09. The number of rotatable bonds is 4. The standard InChI is InChI=1S/C9H14N3O9P/c10-7-3(21-22(17,18)19)1-12(9(16)11-7)8-6(15)5(14)4(2-13)20-8/h1,4-6,8,13-15H,2H2,(H2,10,11,16)(H2,17,18,19)/t4-,5-,6+,8-/m1/s1. The lowest BCUT2D eigenvalue weighted by atomic mass is 10.1. The van der Waals surface area contributed by atoms with E-state index in [2.05, 4.69) is 9.51 Å². The van der Waals surface area contributed by atoms with Crippen LogP contribution in [0, 0.1) is 0 Å². The SMILES string of the molecule is Nc1nc(=O)n([C@@H]2O[C@H](CO)[C@@H](O)[C@@H]2O)cc1OP(=O)(O)O. The van der Waals surface area contributed by atoms with Gasteiger partial charge in [-0.3, -0.25) is 14.4 Å². The molecule has 1 aromatic heterocycles. The Morgan fingerprint density at radius 1 is 1.41 bits per heavy atom. The van der Waals surface area contributed by atoms with E-state index in [1.54, 1.807) is 0 Å². The molecule has 0 spiro atoms. The molecule has 0 radical (unpaired) electrons. The molecule has 1 aliphatic rings. The summed E-state index contributed by atoms with van der Waals surface area (Å²) in [5, 5.41) is 28.5. The molecule has 13 heteroatoms. The molecule has 12 nitrogen and oxygen atoms in total. The van der Waals surface area contributed by atoms with E-state index in [9.17, 15) is 19.6 Å². The number of nitrogens with two attached hydrogens (primary N) is 1. The first-order valence-corrected chi connectivity index (χ1v) is 7.43. The largest absolute Gasteiger partial charge is 0.524 e. The number of nitrogens with zero attached hydrogens (tertiary/aromatic N) is 2. The summed E-state index contributed by atoms with van der Waals surface area (Å²) in [6.45, 7) is -0.613. The zero-order valence-corrected chi connectivity index (χ0v) is 11.8. The van der Waals surface area contributed by atoms with Gasteiger partial charge in [0.05, 0.1) is 12.8 Å². The highest BCUT2D eigenvalue weighted by Crippen LogP contribution is 2.39. The van der Waals surface area contributed by atoms with Gasteiger partial charge in [-0.25, -0.2) is 9.36 Å². The molecule has 1 saturated heterocycles. The highest BCUT2D eigenvalue weighted by Gasteiger charge is 2.44. The van der Waals surface area contributed by atoms with E-state index in [0.29, 0.717) is 4.57 Å². The van der Waals surface area contributed by atoms with Crippen LogP contribution in [-0.2, 0) is 9.30 Å². The summed E-state index contributed by atoms with van der Waals surface area (Å²) in [7, 11) is -4.95. The average molecular weight is 339 g/mol. The van der Waals surface area contributed by atoms with Crippen molar-refractivity contribution in [2.24, 2.45) is 0 Å². The lowest BCUT2D eigenvalue weighted by Crippen LogP contribution is -2.36. The summed E-state index contributed by atoms with van der Waals surface area (Å²) in [5.74, 6) is -1.18. The van der Waals surface area contributed by atoms with E-state index in [-0.39, 0.29) is 0 Å². The van der Waals surface area contributed by atoms with Crippen molar-refractivity contribution in [2.45, 2.75) is 24.5 Å². The summed E-state index contributed by atoms with van der Waals surface area (Å²) in [5.41, 5.74) is 4.32. The van der Waals surface area contributed by atoms with Crippen LogP contribution in [-0.4, -0.2) is 59.6 Å². The molecule has 2 rings (SSSR count). The Kier molecular flexibility index (Phi) is 4.54. The molecule has 7 N–H and O–H groups in total. The Morgan fingerprint density at radius 3 is 2.55 bits per heavy atom. The van der Waals surface area contributed by atoms with E-state index >= 15 is 0 Å². The lowest BCUT2D eigenvalue weighted by molar-refractivity contribution is -0.0551. The first-order chi connectivity index (χ1) is 10.1. The number of phosphoric acid groups is 1. The van der Waals surface area contributed by atoms with Gasteiger partial charge >= 0.3 is 13.5 Å². The Bertz CT molecular complexity index is 658. The molecular weight excluding hydrogens is 325 g/mol. The molecular formula is C9H14N3O9P. The molecule has 124 valence electrons. The number of aromatic nitrogens is 2. The quantitative estimate of drug-likeness (QED) is 0.304. The van der Waals surface area contributed by atoms with Gasteiger partial charge in [-0.15, -0.1) is 0 Å². The topological polar surface area (TPSA) is 198 Å². The molecule has 0 unspecified atom stereocenters. The second kappa shape index (κ2) is 5.93. The van der Waals surface area contributed by atoms with Crippen molar-refractivity contribution < 1.29 is 38.9 Å².